The summed E-state index contributed by atoms with van der Waals surface area (Å²) in [5, 5.41) is 2.70. The predicted octanol–water partition coefficient (Wildman–Crippen LogP) is 4.25. The van der Waals surface area contributed by atoms with Crippen molar-refractivity contribution in [2.75, 3.05) is 13.2 Å². The van der Waals surface area contributed by atoms with Crippen LogP contribution in [-0.4, -0.2) is 19.1 Å². The molecule has 0 saturated carbocycles. The first kappa shape index (κ1) is 18.7. The van der Waals surface area contributed by atoms with Crippen molar-refractivity contribution in [3.8, 4) is 11.5 Å². The number of benzene rings is 2. The molecule has 134 valence electrons. The molecule has 0 saturated heterocycles. The molecule has 0 radical (unpaired) electrons. The van der Waals surface area contributed by atoms with Gasteiger partial charge in [-0.15, -0.1) is 0 Å². The fourth-order valence-corrected chi connectivity index (χ4v) is 2.37. The standard InChI is InChI=1S/C19H21F2NO3/c1-4-24-17-9-6-13(10-18(17)25-5-2)12(3)22-19(23)15-8-7-14(20)11-16(15)21/h6-12H,4-5H2,1-3H3,(H,22,23). The van der Waals surface area contributed by atoms with Crippen molar-refractivity contribution in [1.82, 2.24) is 5.32 Å². The van der Waals surface area contributed by atoms with E-state index in [1.54, 1.807) is 25.1 Å². The monoisotopic (exact) mass is 349 g/mol. The minimum absolute atomic E-state index is 0.204. The maximum absolute atomic E-state index is 13.7. The number of hydrogen-bond acceptors (Lipinski definition) is 3. The van der Waals surface area contributed by atoms with Gasteiger partial charge in [-0.3, -0.25) is 4.79 Å². The smallest absolute Gasteiger partial charge is 0.254 e. The van der Waals surface area contributed by atoms with Crippen LogP contribution < -0.4 is 14.8 Å². The highest BCUT2D eigenvalue weighted by Gasteiger charge is 2.17. The highest BCUT2D eigenvalue weighted by molar-refractivity contribution is 5.94. The molecule has 1 N–H and O–H groups in total. The van der Waals surface area contributed by atoms with Gasteiger partial charge in [-0.2, -0.15) is 0 Å². The summed E-state index contributed by atoms with van der Waals surface area (Å²) >= 11 is 0. The molecule has 0 spiro atoms. The Morgan fingerprint density at radius 2 is 1.72 bits per heavy atom. The first-order valence-corrected chi connectivity index (χ1v) is 8.11. The summed E-state index contributed by atoms with van der Waals surface area (Å²) in [6.07, 6.45) is 0. The number of carbonyl (C=O) groups excluding carboxylic acids is 1. The van der Waals surface area contributed by atoms with Gasteiger partial charge in [0.25, 0.3) is 5.91 Å². The van der Waals surface area contributed by atoms with Crippen molar-refractivity contribution in [2.24, 2.45) is 0 Å². The lowest BCUT2D eigenvalue weighted by Crippen LogP contribution is -2.27. The zero-order chi connectivity index (χ0) is 18.4. The summed E-state index contributed by atoms with van der Waals surface area (Å²) in [4.78, 5) is 12.2. The van der Waals surface area contributed by atoms with Crippen molar-refractivity contribution >= 4 is 5.91 Å². The number of amides is 1. The molecule has 2 aromatic carbocycles. The Morgan fingerprint density at radius 1 is 1.04 bits per heavy atom. The Kier molecular flexibility index (Phi) is 6.33. The van der Waals surface area contributed by atoms with E-state index in [4.69, 9.17) is 9.47 Å². The Morgan fingerprint density at radius 3 is 2.36 bits per heavy atom. The van der Waals surface area contributed by atoms with Crippen molar-refractivity contribution in [1.29, 1.82) is 0 Å². The third-order valence-electron chi connectivity index (χ3n) is 3.59. The van der Waals surface area contributed by atoms with E-state index in [0.29, 0.717) is 30.8 Å². The fourth-order valence-electron chi connectivity index (χ4n) is 2.37. The summed E-state index contributed by atoms with van der Waals surface area (Å²) in [6, 6.07) is 7.81. The highest BCUT2D eigenvalue weighted by atomic mass is 19.1. The van der Waals surface area contributed by atoms with Gasteiger partial charge in [-0.25, -0.2) is 8.78 Å². The molecule has 0 aromatic heterocycles. The third-order valence-corrected chi connectivity index (χ3v) is 3.59. The number of rotatable bonds is 7. The molecule has 0 aliphatic heterocycles. The van der Waals surface area contributed by atoms with E-state index in [1.807, 2.05) is 13.8 Å². The van der Waals surface area contributed by atoms with Crippen LogP contribution in [0.3, 0.4) is 0 Å². The zero-order valence-electron chi connectivity index (χ0n) is 14.4. The molecule has 0 bridgehead atoms. The number of hydrogen-bond donors (Lipinski definition) is 1. The SMILES string of the molecule is CCOc1ccc(C(C)NC(=O)c2ccc(F)cc2F)cc1OCC. The maximum atomic E-state index is 13.7. The molecular weight excluding hydrogens is 328 g/mol. The summed E-state index contributed by atoms with van der Waals surface area (Å²) in [5.74, 6) is -1.04. The normalized spacial score (nSPS) is 11.7. The average Bonchev–Trinajstić information content (AvgIpc) is 2.56. The van der Waals surface area contributed by atoms with Crippen LogP contribution >= 0.6 is 0 Å². The summed E-state index contributed by atoms with van der Waals surface area (Å²) in [6.45, 7) is 6.50. The molecule has 0 heterocycles. The minimum atomic E-state index is -0.897. The van der Waals surface area contributed by atoms with Gasteiger partial charge in [-0.05, 0) is 50.6 Å². The highest BCUT2D eigenvalue weighted by Crippen LogP contribution is 2.30. The number of ether oxygens (including phenoxy) is 2. The van der Waals surface area contributed by atoms with Crippen molar-refractivity contribution in [2.45, 2.75) is 26.8 Å². The van der Waals surface area contributed by atoms with Gasteiger partial charge in [-0.1, -0.05) is 6.07 Å². The molecule has 25 heavy (non-hydrogen) atoms. The quantitative estimate of drug-likeness (QED) is 0.813. The molecule has 6 heteroatoms. The lowest BCUT2D eigenvalue weighted by Gasteiger charge is -2.17. The minimum Gasteiger partial charge on any atom is -0.490 e. The van der Waals surface area contributed by atoms with Gasteiger partial charge in [0, 0.05) is 6.07 Å². The van der Waals surface area contributed by atoms with Crippen molar-refractivity contribution in [3.63, 3.8) is 0 Å². The second-order valence-electron chi connectivity index (χ2n) is 5.39. The van der Waals surface area contributed by atoms with Gasteiger partial charge in [0.1, 0.15) is 11.6 Å². The van der Waals surface area contributed by atoms with Gasteiger partial charge < -0.3 is 14.8 Å². The van der Waals surface area contributed by atoms with E-state index < -0.39 is 23.6 Å². The van der Waals surface area contributed by atoms with Crippen LogP contribution in [-0.2, 0) is 0 Å². The molecule has 1 atom stereocenters. The average molecular weight is 349 g/mol. The largest absolute Gasteiger partial charge is 0.490 e. The fraction of sp³-hybridized carbons (Fsp3) is 0.316. The van der Waals surface area contributed by atoms with E-state index in [1.165, 1.54) is 0 Å². The molecule has 0 aliphatic rings. The number of nitrogens with one attached hydrogen (secondary N) is 1. The topological polar surface area (TPSA) is 47.6 Å². The Bertz CT molecular complexity index is 749. The van der Waals surface area contributed by atoms with Gasteiger partial charge in [0.2, 0.25) is 0 Å². The molecule has 2 aromatic rings. The summed E-state index contributed by atoms with van der Waals surface area (Å²) in [5.41, 5.74) is 0.576. The second-order valence-corrected chi connectivity index (χ2v) is 5.39. The van der Waals surface area contributed by atoms with E-state index in [2.05, 4.69) is 5.32 Å². The Hall–Kier alpha value is -2.63. The lowest BCUT2D eigenvalue weighted by molar-refractivity contribution is 0.0935. The molecule has 2 rings (SSSR count). The number of carbonyl (C=O) groups is 1. The van der Waals surface area contributed by atoms with E-state index in [-0.39, 0.29) is 5.56 Å². The molecule has 4 nitrogen and oxygen atoms in total. The third kappa shape index (κ3) is 4.68. The maximum Gasteiger partial charge on any atom is 0.254 e. The lowest BCUT2D eigenvalue weighted by atomic mass is 10.1. The van der Waals surface area contributed by atoms with Crippen LogP contribution in [0.1, 0.15) is 42.7 Å². The van der Waals surface area contributed by atoms with Crippen LogP contribution in [0.25, 0.3) is 0 Å². The van der Waals surface area contributed by atoms with Crippen LogP contribution in [0.15, 0.2) is 36.4 Å². The molecular formula is C19H21F2NO3. The van der Waals surface area contributed by atoms with Crippen LogP contribution in [0, 0.1) is 11.6 Å². The van der Waals surface area contributed by atoms with Crippen LogP contribution in [0.2, 0.25) is 0 Å². The number of halogens is 2. The first-order valence-electron chi connectivity index (χ1n) is 8.11. The second kappa shape index (κ2) is 8.46. The summed E-state index contributed by atoms with van der Waals surface area (Å²) in [7, 11) is 0. The zero-order valence-corrected chi connectivity index (χ0v) is 14.4. The summed E-state index contributed by atoms with van der Waals surface area (Å²) < 4.78 is 37.7. The molecule has 0 fully saturated rings. The van der Waals surface area contributed by atoms with Crippen LogP contribution in [0.5, 0.6) is 11.5 Å². The van der Waals surface area contributed by atoms with Crippen LogP contribution in [0.4, 0.5) is 8.78 Å². The van der Waals surface area contributed by atoms with Gasteiger partial charge >= 0.3 is 0 Å². The Balaban J connectivity index is 2.18. The van der Waals surface area contributed by atoms with E-state index in [9.17, 15) is 13.6 Å². The Labute approximate surface area is 145 Å². The van der Waals surface area contributed by atoms with Gasteiger partial charge in [0.15, 0.2) is 11.5 Å². The van der Waals surface area contributed by atoms with Crippen molar-refractivity contribution < 1.29 is 23.0 Å². The molecule has 1 amide bonds. The van der Waals surface area contributed by atoms with E-state index >= 15 is 0 Å². The molecule has 0 aliphatic carbocycles. The van der Waals surface area contributed by atoms with E-state index in [0.717, 1.165) is 17.7 Å². The van der Waals surface area contributed by atoms with Gasteiger partial charge in [0.05, 0.1) is 24.8 Å². The predicted molar refractivity (Wildman–Crippen MR) is 91.0 cm³/mol. The van der Waals surface area contributed by atoms with Crippen molar-refractivity contribution in [3.05, 3.63) is 59.2 Å². The molecule has 1 unspecified atom stereocenters. The first-order chi connectivity index (χ1) is 12.0.